The Labute approximate surface area is 207 Å². The largest absolute Gasteiger partial charge is 0.478 e. The normalized spacial score (nSPS) is 18.1. The van der Waals surface area contributed by atoms with E-state index in [1.165, 1.54) is 12.1 Å². The number of nitrogens with one attached hydrogen (secondary N) is 2. The first-order valence-corrected chi connectivity index (χ1v) is 11.7. The summed E-state index contributed by atoms with van der Waals surface area (Å²) in [5, 5.41) is 14.9. The molecule has 3 N–H and O–H groups in total. The molecule has 0 aromatic heterocycles. The number of carboxylic acid groups (broad SMARTS) is 1. The molecular weight excluding hydrogens is 468 g/mol. The topological polar surface area (TPSA) is 105 Å². The molecule has 3 aromatic rings. The van der Waals surface area contributed by atoms with Gasteiger partial charge in [0.25, 0.3) is 0 Å². The highest BCUT2D eigenvalue weighted by atomic mass is 35.5. The first-order valence-electron chi connectivity index (χ1n) is 11.4. The van der Waals surface area contributed by atoms with Crippen LogP contribution in [0.2, 0.25) is 5.02 Å². The van der Waals surface area contributed by atoms with E-state index in [0.29, 0.717) is 12.8 Å². The van der Waals surface area contributed by atoms with Crippen molar-refractivity contribution >= 4 is 35.3 Å². The maximum Gasteiger partial charge on any atom is 0.407 e. The molecule has 3 aromatic carbocycles. The zero-order valence-electron chi connectivity index (χ0n) is 18.7. The second-order valence-corrected chi connectivity index (χ2v) is 9.20. The minimum absolute atomic E-state index is 0.0193. The summed E-state index contributed by atoms with van der Waals surface area (Å²) in [6, 6.07) is 20.6. The molecule has 2 aliphatic rings. The summed E-state index contributed by atoms with van der Waals surface area (Å²) < 4.78 is 5.56. The Morgan fingerprint density at radius 2 is 1.54 bits per heavy atom. The monoisotopic (exact) mass is 490 g/mol. The van der Waals surface area contributed by atoms with E-state index in [0.717, 1.165) is 22.3 Å². The van der Waals surface area contributed by atoms with Gasteiger partial charge < -0.3 is 20.5 Å². The van der Waals surface area contributed by atoms with Gasteiger partial charge in [-0.25, -0.2) is 9.59 Å². The third-order valence-electron chi connectivity index (χ3n) is 6.66. The number of fused-ring (bicyclic) bond motifs is 3. The van der Waals surface area contributed by atoms with Gasteiger partial charge in [0.1, 0.15) is 12.2 Å². The maximum atomic E-state index is 12.6. The third-order valence-corrected chi connectivity index (χ3v) is 6.97. The van der Waals surface area contributed by atoms with Crippen molar-refractivity contribution in [3.8, 4) is 11.1 Å². The van der Waals surface area contributed by atoms with Gasteiger partial charge in [-0.1, -0.05) is 66.2 Å². The highest BCUT2D eigenvalue weighted by Crippen LogP contribution is 2.44. The second-order valence-electron chi connectivity index (χ2n) is 8.79. The first kappa shape index (κ1) is 22.9. The van der Waals surface area contributed by atoms with E-state index in [-0.39, 0.29) is 46.7 Å². The smallest absolute Gasteiger partial charge is 0.407 e. The molecule has 35 heavy (non-hydrogen) atoms. The lowest BCUT2D eigenvalue weighted by Gasteiger charge is -2.34. The summed E-state index contributed by atoms with van der Waals surface area (Å²) in [5.74, 6) is -1.88. The zero-order chi connectivity index (χ0) is 24.5. The van der Waals surface area contributed by atoms with Crippen molar-refractivity contribution < 1.29 is 24.2 Å². The number of hydrogen-bond acceptors (Lipinski definition) is 4. The molecule has 0 unspecified atom stereocenters. The predicted octanol–water partition coefficient (Wildman–Crippen LogP) is 5.29. The molecule has 0 bridgehead atoms. The molecule has 0 radical (unpaired) electrons. The molecule has 178 valence electrons. The molecule has 0 heterocycles. The van der Waals surface area contributed by atoms with Gasteiger partial charge in [-0.2, -0.15) is 0 Å². The summed E-state index contributed by atoms with van der Waals surface area (Å²) in [7, 11) is 0. The molecule has 1 fully saturated rings. The molecule has 7 nitrogen and oxygen atoms in total. The van der Waals surface area contributed by atoms with Crippen LogP contribution >= 0.6 is 11.6 Å². The van der Waals surface area contributed by atoms with Crippen LogP contribution in [0.3, 0.4) is 0 Å². The molecule has 0 spiro atoms. The number of rotatable bonds is 6. The SMILES string of the molecule is O=C(NC1CC(C(=O)Nc2cccc(Cl)c2C(=O)O)C1)OCC1c2ccccc2-c2ccccc21. The summed E-state index contributed by atoms with van der Waals surface area (Å²) in [4.78, 5) is 36.4. The van der Waals surface area contributed by atoms with Crippen molar-refractivity contribution in [3.05, 3.63) is 88.4 Å². The number of carboxylic acids is 1. The van der Waals surface area contributed by atoms with Crippen LogP contribution in [-0.4, -0.2) is 35.7 Å². The Morgan fingerprint density at radius 1 is 0.914 bits per heavy atom. The number of alkyl carbamates (subject to hydrolysis) is 1. The fourth-order valence-electron chi connectivity index (χ4n) is 4.84. The average Bonchev–Trinajstić information content (AvgIpc) is 3.13. The quantitative estimate of drug-likeness (QED) is 0.435. The lowest BCUT2D eigenvalue weighted by atomic mass is 9.79. The fraction of sp³-hybridized carbons (Fsp3) is 0.222. The highest BCUT2D eigenvalue weighted by molar-refractivity contribution is 6.34. The molecule has 8 heteroatoms. The third kappa shape index (κ3) is 4.47. The van der Waals surface area contributed by atoms with Crippen molar-refractivity contribution in [2.45, 2.75) is 24.8 Å². The molecule has 2 aliphatic carbocycles. The number of hydrogen-bond donors (Lipinski definition) is 3. The Bertz CT molecular complexity index is 1270. The molecular formula is C27H23ClN2O5. The summed E-state index contributed by atoms with van der Waals surface area (Å²) in [6.07, 6.45) is 0.372. The zero-order valence-corrected chi connectivity index (χ0v) is 19.4. The standard InChI is InChI=1S/C27H23ClN2O5/c28-22-10-5-11-23(24(22)26(32)33)30-25(31)15-12-16(13-15)29-27(34)35-14-21-19-8-3-1-6-17(19)18-7-2-4-9-20(18)21/h1-11,15-16,21H,12-14H2,(H,29,34)(H,30,31)(H,32,33). The van der Waals surface area contributed by atoms with Crippen LogP contribution in [0.1, 0.15) is 40.2 Å². The van der Waals surface area contributed by atoms with Crippen LogP contribution in [-0.2, 0) is 9.53 Å². The van der Waals surface area contributed by atoms with Crippen LogP contribution in [0.15, 0.2) is 66.7 Å². The molecule has 5 rings (SSSR count). The van der Waals surface area contributed by atoms with E-state index in [9.17, 15) is 19.5 Å². The number of benzene rings is 3. The number of halogens is 1. The minimum atomic E-state index is -1.21. The lowest BCUT2D eigenvalue weighted by Crippen LogP contribution is -2.48. The number of carbonyl (C=O) groups excluding carboxylic acids is 2. The number of carbonyl (C=O) groups is 3. The molecule has 2 amide bonds. The Kier molecular flexibility index (Phi) is 6.17. The van der Waals surface area contributed by atoms with E-state index in [1.807, 2.05) is 24.3 Å². The summed E-state index contributed by atoms with van der Waals surface area (Å²) in [5.41, 5.74) is 4.62. The van der Waals surface area contributed by atoms with Crippen LogP contribution in [0, 0.1) is 5.92 Å². The van der Waals surface area contributed by atoms with Gasteiger partial charge in [-0.05, 0) is 47.2 Å². The lowest BCUT2D eigenvalue weighted by molar-refractivity contribution is -0.122. The van der Waals surface area contributed by atoms with Crippen molar-refractivity contribution in [3.63, 3.8) is 0 Å². The Balaban J connectivity index is 1.13. The van der Waals surface area contributed by atoms with Gasteiger partial charge in [-0.15, -0.1) is 0 Å². The predicted molar refractivity (Wildman–Crippen MR) is 132 cm³/mol. The minimum Gasteiger partial charge on any atom is -0.478 e. The van der Waals surface area contributed by atoms with Crippen LogP contribution in [0.4, 0.5) is 10.5 Å². The van der Waals surface area contributed by atoms with Gasteiger partial charge >= 0.3 is 12.1 Å². The van der Waals surface area contributed by atoms with Crippen molar-refractivity contribution in [1.29, 1.82) is 0 Å². The van der Waals surface area contributed by atoms with E-state index < -0.39 is 12.1 Å². The number of anilines is 1. The number of amides is 2. The second kappa shape index (κ2) is 9.43. The van der Waals surface area contributed by atoms with Crippen LogP contribution < -0.4 is 10.6 Å². The summed E-state index contributed by atoms with van der Waals surface area (Å²) in [6.45, 7) is 0.225. The van der Waals surface area contributed by atoms with Gasteiger partial charge in [0, 0.05) is 17.9 Å². The average molecular weight is 491 g/mol. The van der Waals surface area contributed by atoms with Crippen LogP contribution in [0.5, 0.6) is 0 Å². The first-order chi connectivity index (χ1) is 16.9. The van der Waals surface area contributed by atoms with Gasteiger partial charge in [0.2, 0.25) is 5.91 Å². The molecule has 0 atom stereocenters. The number of aromatic carboxylic acids is 1. The van der Waals surface area contributed by atoms with Crippen molar-refractivity contribution in [2.75, 3.05) is 11.9 Å². The van der Waals surface area contributed by atoms with Crippen molar-refractivity contribution in [1.82, 2.24) is 5.32 Å². The van der Waals surface area contributed by atoms with Gasteiger partial charge in [-0.3, -0.25) is 4.79 Å². The fourth-order valence-corrected chi connectivity index (χ4v) is 5.09. The van der Waals surface area contributed by atoms with E-state index in [1.54, 1.807) is 6.07 Å². The molecule has 0 aliphatic heterocycles. The number of ether oxygens (including phenoxy) is 1. The van der Waals surface area contributed by atoms with Crippen LogP contribution in [0.25, 0.3) is 11.1 Å². The Hall–Kier alpha value is -3.84. The van der Waals surface area contributed by atoms with E-state index in [4.69, 9.17) is 16.3 Å². The summed E-state index contributed by atoms with van der Waals surface area (Å²) >= 11 is 5.95. The molecule has 0 saturated heterocycles. The Morgan fingerprint density at radius 3 is 2.17 bits per heavy atom. The van der Waals surface area contributed by atoms with Gasteiger partial charge in [0.05, 0.1) is 10.7 Å². The molecule has 1 saturated carbocycles. The highest BCUT2D eigenvalue weighted by Gasteiger charge is 2.36. The van der Waals surface area contributed by atoms with Gasteiger partial charge in [0.15, 0.2) is 0 Å². The maximum absolute atomic E-state index is 12.6. The van der Waals surface area contributed by atoms with Crippen molar-refractivity contribution in [2.24, 2.45) is 5.92 Å². The van der Waals surface area contributed by atoms with E-state index in [2.05, 4.69) is 34.9 Å². The van der Waals surface area contributed by atoms with E-state index >= 15 is 0 Å².